The van der Waals surface area contributed by atoms with E-state index < -0.39 is 5.97 Å². The van der Waals surface area contributed by atoms with Crippen LogP contribution in [0, 0.1) is 6.92 Å². The van der Waals surface area contributed by atoms with E-state index in [-0.39, 0.29) is 5.56 Å². The van der Waals surface area contributed by atoms with Gasteiger partial charge in [-0.3, -0.25) is 0 Å². The molecule has 134 valence electrons. The second kappa shape index (κ2) is 7.44. The number of carboxylic acids is 1. The summed E-state index contributed by atoms with van der Waals surface area (Å²) in [5.74, 6) is 0.0314. The lowest BCUT2D eigenvalue weighted by Gasteiger charge is -2.14. The Morgan fingerprint density at radius 2 is 1.77 bits per heavy atom. The van der Waals surface area contributed by atoms with Crippen LogP contribution in [-0.4, -0.2) is 24.2 Å². The van der Waals surface area contributed by atoms with Gasteiger partial charge in [-0.25, -0.2) is 4.98 Å². The molecule has 0 bridgehead atoms. The molecule has 0 aliphatic rings. The number of para-hydroxylation sites is 1. The zero-order chi connectivity index (χ0) is 18.7. The third kappa shape index (κ3) is 3.33. The molecule has 0 spiro atoms. The first-order valence-corrected chi connectivity index (χ1v) is 8.56. The van der Waals surface area contributed by atoms with Crippen LogP contribution in [0.3, 0.4) is 0 Å². The topological polar surface area (TPSA) is 71.5 Å². The lowest BCUT2D eigenvalue weighted by atomic mass is 10.0. The van der Waals surface area contributed by atoms with Crippen LogP contribution in [0.4, 0.5) is 0 Å². The number of ether oxygens (including phenoxy) is 2. The molecule has 0 fully saturated rings. The van der Waals surface area contributed by atoms with Gasteiger partial charge in [0.2, 0.25) is 0 Å². The van der Waals surface area contributed by atoms with Crippen LogP contribution in [0.1, 0.15) is 29.8 Å². The Morgan fingerprint density at radius 1 is 1.04 bits per heavy atom. The van der Waals surface area contributed by atoms with Crippen LogP contribution in [0.5, 0.6) is 11.5 Å². The predicted molar refractivity (Wildman–Crippen MR) is 98.6 cm³/mol. The van der Waals surface area contributed by atoms with E-state index in [1.165, 1.54) is 0 Å². The Labute approximate surface area is 152 Å². The van der Waals surface area contributed by atoms with Crippen molar-refractivity contribution in [2.45, 2.75) is 20.8 Å². The maximum absolute atomic E-state index is 11.6. The lowest BCUT2D eigenvalue weighted by molar-refractivity contribution is -0.254. The minimum atomic E-state index is -1.22. The first kappa shape index (κ1) is 17.7. The first-order valence-electron chi connectivity index (χ1n) is 8.56. The fraction of sp³-hybridized carbons (Fsp3) is 0.238. The summed E-state index contributed by atoms with van der Waals surface area (Å²) in [5, 5.41) is 12.2. The second-order valence-electron chi connectivity index (χ2n) is 5.84. The number of benzene rings is 2. The molecule has 0 N–H and O–H groups in total. The van der Waals surface area contributed by atoms with Gasteiger partial charge >= 0.3 is 0 Å². The number of fused-ring (bicyclic) bond motifs is 1. The van der Waals surface area contributed by atoms with Gasteiger partial charge in [0.15, 0.2) is 11.5 Å². The standard InChI is InChI=1S/C21H21NO4/c1-4-25-18-10-9-14(11-19(18)26-5-2)17-12-16(21(23)24)15-8-6-7-13(3)20(15)22-17/h6-12H,4-5H2,1-3H3,(H,23,24)/p-1. The van der Waals surface area contributed by atoms with Gasteiger partial charge in [-0.15, -0.1) is 0 Å². The molecule has 0 amide bonds. The number of aryl methyl sites for hydroxylation is 1. The summed E-state index contributed by atoms with van der Waals surface area (Å²) in [4.78, 5) is 16.3. The Hall–Kier alpha value is -3.08. The Balaban J connectivity index is 2.20. The second-order valence-corrected chi connectivity index (χ2v) is 5.84. The summed E-state index contributed by atoms with van der Waals surface area (Å²) in [6.07, 6.45) is 0. The quantitative estimate of drug-likeness (QED) is 0.681. The maximum atomic E-state index is 11.6. The van der Waals surface area contributed by atoms with Crippen molar-refractivity contribution in [1.82, 2.24) is 4.98 Å². The molecule has 3 rings (SSSR count). The fourth-order valence-corrected chi connectivity index (χ4v) is 2.92. The molecule has 2 aromatic carbocycles. The molecule has 0 radical (unpaired) electrons. The molecule has 0 unspecified atom stereocenters. The molecule has 0 saturated carbocycles. The monoisotopic (exact) mass is 350 g/mol. The molecule has 0 aliphatic carbocycles. The number of rotatable bonds is 6. The van der Waals surface area contributed by atoms with Crippen LogP contribution in [0.2, 0.25) is 0 Å². The highest BCUT2D eigenvalue weighted by molar-refractivity contribution is 6.03. The molecule has 26 heavy (non-hydrogen) atoms. The number of pyridine rings is 1. The summed E-state index contributed by atoms with van der Waals surface area (Å²) < 4.78 is 11.2. The van der Waals surface area contributed by atoms with Crippen molar-refractivity contribution in [3.8, 4) is 22.8 Å². The lowest BCUT2D eigenvalue weighted by Crippen LogP contribution is -2.22. The van der Waals surface area contributed by atoms with E-state index in [9.17, 15) is 9.90 Å². The minimum Gasteiger partial charge on any atom is -0.545 e. The normalized spacial score (nSPS) is 10.7. The third-order valence-electron chi connectivity index (χ3n) is 4.10. The van der Waals surface area contributed by atoms with Crippen molar-refractivity contribution < 1.29 is 19.4 Å². The number of nitrogens with zero attached hydrogens (tertiary/aromatic N) is 1. The van der Waals surface area contributed by atoms with E-state index >= 15 is 0 Å². The van der Waals surface area contributed by atoms with Crippen molar-refractivity contribution in [1.29, 1.82) is 0 Å². The Kier molecular flexibility index (Phi) is 5.07. The SMILES string of the molecule is CCOc1ccc(-c2cc(C(=O)[O-])c3cccc(C)c3n2)cc1OCC. The molecule has 3 aromatic rings. The molecular formula is C21H20NO4-. The van der Waals surface area contributed by atoms with E-state index in [0.29, 0.717) is 41.3 Å². The highest BCUT2D eigenvalue weighted by atomic mass is 16.5. The van der Waals surface area contributed by atoms with E-state index in [1.54, 1.807) is 12.1 Å². The summed E-state index contributed by atoms with van der Waals surface area (Å²) in [6.45, 7) is 6.74. The number of carbonyl (C=O) groups excluding carboxylic acids is 1. The predicted octanol–water partition coefficient (Wildman–Crippen LogP) is 3.37. The van der Waals surface area contributed by atoms with E-state index in [1.807, 2.05) is 51.1 Å². The highest BCUT2D eigenvalue weighted by Gasteiger charge is 2.13. The summed E-state index contributed by atoms with van der Waals surface area (Å²) in [6, 6.07) is 12.5. The number of aromatic carboxylic acids is 1. The summed E-state index contributed by atoms with van der Waals surface area (Å²) in [7, 11) is 0. The fourth-order valence-electron chi connectivity index (χ4n) is 2.92. The van der Waals surface area contributed by atoms with Gasteiger partial charge in [0.1, 0.15) is 0 Å². The van der Waals surface area contributed by atoms with E-state index in [2.05, 4.69) is 4.98 Å². The number of carboxylic acid groups (broad SMARTS) is 1. The first-order chi connectivity index (χ1) is 12.5. The zero-order valence-electron chi connectivity index (χ0n) is 15.0. The Bertz CT molecular complexity index is 966. The van der Waals surface area contributed by atoms with Crippen molar-refractivity contribution in [2.75, 3.05) is 13.2 Å². The van der Waals surface area contributed by atoms with Gasteiger partial charge in [-0.2, -0.15) is 0 Å². The summed E-state index contributed by atoms with van der Waals surface area (Å²) in [5.41, 5.74) is 2.99. The molecule has 5 heteroatoms. The van der Waals surface area contributed by atoms with Gasteiger partial charge < -0.3 is 19.4 Å². The summed E-state index contributed by atoms with van der Waals surface area (Å²) >= 11 is 0. The van der Waals surface area contributed by atoms with Crippen LogP contribution in [0.15, 0.2) is 42.5 Å². The van der Waals surface area contributed by atoms with Gasteiger partial charge in [-0.05, 0) is 50.6 Å². The molecule has 0 saturated heterocycles. The Morgan fingerprint density at radius 3 is 2.46 bits per heavy atom. The molecule has 1 heterocycles. The number of hydrogen-bond acceptors (Lipinski definition) is 5. The van der Waals surface area contributed by atoms with Crippen LogP contribution in [0.25, 0.3) is 22.2 Å². The van der Waals surface area contributed by atoms with Gasteiger partial charge in [0.05, 0.1) is 30.4 Å². The van der Waals surface area contributed by atoms with Crippen LogP contribution in [-0.2, 0) is 0 Å². The molecular weight excluding hydrogens is 330 g/mol. The zero-order valence-corrected chi connectivity index (χ0v) is 15.0. The molecule has 0 aliphatic heterocycles. The van der Waals surface area contributed by atoms with Gasteiger partial charge in [-0.1, -0.05) is 18.2 Å². The number of aromatic nitrogens is 1. The molecule has 1 aromatic heterocycles. The van der Waals surface area contributed by atoms with E-state index in [4.69, 9.17) is 9.47 Å². The highest BCUT2D eigenvalue weighted by Crippen LogP contribution is 2.34. The molecule has 0 atom stereocenters. The maximum Gasteiger partial charge on any atom is 0.161 e. The largest absolute Gasteiger partial charge is 0.545 e. The van der Waals surface area contributed by atoms with Crippen molar-refractivity contribution in [2.24, 2.45) is 0 Å². The average molecular weight is 350 g/mol. The average Bonchev–Trinajstić information content (AvgIpc) is 2.63. The molecule has 5 nitrogen and oxygen atoms in total. The van der Waals surface area contributed by atoms with Gasteiger partial charge in [0, 0.05) is 16.5 Å². The van der Waals surface area contributed by atoms with Crippen molar-refractivity contribution >= 4 is 16.9 Å². The third-order valence-corrected chi connectivity index (χ3v) is 4.10. The number of hydrogen-bond donors (Lipinski definition) is 0. The van der Waals surface area contributed by atoms with Crippen molar-refractivity contribution in [3.05, 3.63) is 53.6 Å². The van der Waals surface area contributed by atoms with Crippen LogP contribution < -0.4 is 14.6 Å². The minimum absolute atomic E-state index is 0.126. The number of carbonyl (C=O) groups is 1. The smallest absolute Gasteiger partial charge is 0.161 e. The van der Waals surface area contributed by atoms with E-state index in [0.717, 1.165) is 11.1 Å². The van der Waals surface area contributed by atoms with Gasteiger partial charge in [0.25, 0.3) is 0 Å². The van der Waals surface area contributed by atoms with Crippen LogP contribution >= 0.6 is 0 Å². The van der Waals surface area contributed by atoms with Crippen molar-refractivity contribution in [3.63, 3.8) is 0 Å².